The lowest BCUT2D eigenvalue weighted by molar-refractivity contribution is 0.0986. The van der Waals surface area contributed by atoms with Crippen LogP contribution in [-0.4, -0.2) is 5.91 Å². The molecular weight excluding hydrogens is 229 g/mol. The summed E-state index contributed by atoms with van der Waals surface area (Å²) < 4.78 is 2.32. The number of rotatable bonds is 1. The summed E-state index contributed by atoms with van der Waals surface area (Å²) in [5, 5.41) is 0.554. The third-order valence-electron chi connectivity index (χ3n) is 1.17. The molecule has 1 rings (SSSR count). The Morgan fingerprint density at radius 3 is 2.82 bits per heavy atom. The average molecular weight is 234 g/mol. The van der Waals surface area contributed by atoms with Gasteiger partial charge in [-0.05, 0) is 18.2 Å². The van der Waals surface area contributed by atoms with E-state index in [2.05, 4.69) is 20.5 Å². The number of hydrogen-bond donors (Lipinski definition) is 1. The second kappa shape index (κ2) is 3.74. The quantitative estimate of drug-likeness (QED) is 0.743. The van der Waals surface area contributed by atoms with Crippen molar-refractivity contribution in [3.63, 3.8) is 0 Å². The Labute approximate surface area is 77.9 Å². The van der Waals surface area contributed by atoms with Gasteiger partial charge in [0.15, 0.2) is 0 Å². The second-order valence-electron chi connectivity index (χ2n) is 1.93. The molecule has 1 aromatic carbocycles. The van der Waals surface area contributed by atoms with Crippen LogP contribution in [0.15, 0.2) is 24.3 Å². The maximum absolute atomic E-state index is 10.9. The monoisotopic (exact) mass is 233 g/mol. The minimum atomic E-state index is -0.201. The molecule has 58 valence electrons. The van der Waals surface area contributed by atoms with Gasteiger partial charge >= 0.3 is 0 Å². The lowest BCUT2D eigenvalue weighted by Gasteiger charge is -1.96. The van der Waals surface area contributed by atoms with E-state index in [0.29, 0.717) is 10.6 Å². The molecule has 0 spiro atoms. The van der Waals surface area contributed by atoms with Crippen molar-refractivity contribution in [1.29, 1.82) is 0 Å². The zero-order valence-electron chi connectivity index (χ0n) is 5.47. The van der Waals surface area contributed by atoms with Crippen LogP contribution in [0.2, 0.25) is 5.02 Å². The van der Waals surface area contributed by atoms with E-state index in [-0.39, 0.29) is 5.91 Å². The zero-order valence-corrected chi connectivity index (χ0v) is 7.82. The van der Waals surface area contributed by atoms with Crippen molar-refractivity contribution in [3.8, 4) is 0 Å². The zero-order chi connectivity index (χ0) is 8.27. The number of halogens is 2. The van der Waals surface area contributed by atoms with E-state index < -0.39 is 0 Å². The first-order valence-corrected chi connectivity index (χ1v) is 4.07. The van der Waals surface area contributed by atoms with Crippen LogP contribution in [0.4, 0.5) is 0 Å². The molecule has 0 atom stereocenters. The van der Waals surface area contributed by atoms with E-state index in [0.717, 1.165) is 0 Å². The molecule has 0 fully saturated rings. The van der Waals surface area contributed by atoms with Crippen LogP contribution in [0.1, 0.15) is 10.4 Å². The van der Waals surface area contributed by atoms with Crippen LogP contribution >= 0.6 is 27.7 Å². The summed E-state index contributed by atoms with van der Waals surface area (Å²) in [7, 11) is 0. The van der Waals surface area contributed by atoms with Crippen molar-refractivity contribution in [3.05, 3.63) is 34.9 Å². The molecule has 2 nitrogen and oxygen atoms in total. The molecular formula is C7H5BrClNO. The topological polar surface area (TPSA) is 29.1 Å². The van der Waals surface area contributed by atoms with Crippen molar-refractivity contribution in [2.75, 3.05) is 0 Å². The van der Waals surface area contributed by atoms with Gasteiger partial charge in [0.25, 0.3) is 5.91 Å². The number of carbonyl (C=O) groups excluding carboxylic acids is 1. The Morgan fingerprint density at radius 1 is 1.55 bits per heavy atom. The molecule has 0 saturated heterocycles. The first kappa shape index (κ1) is 8.56. The summed E-state index contributed by atoms with van der Waals surface area (Å²) in [4.78, 5) is 10.9. The van der Waals surface area contributed by atoms with Gasteiger partial charge in [-0.25, -0.2) is 0 Å². The summed E-state index contributed by atoms with van der Waals surface area (Å²) in [6.07, 6.45) is 0. The summed E-state index contributed by atoms with van der Waals surface area (Å²) >= 11 is 8.48. The van der Waals surface area contributed by atoms with Gasteiger partial charge in [0.2, 0.25) is 0 Å². The van der Waals surface area contributed by atoms with Crippen LogP contribution in [0.5, 0.6) is 0 Å². The molecule has 1 N–H and O–H groups in total. The standard InChI is InChI=1S/C7H5BrClNO/c8-10-7(11)5-2-1-3-6(9)4-5/h1-4H,(H,10,11). The molecule has 0 aliphatic carbocycles. The molecule has 11 heavy (non-hydrogen) atoms. The maximum atomic E-state index is 10.9. The Kier molecular flexibility index (Phi) is 2.91. The second-order valence-corrected chi connectivity index (χ2v) is 2.77. The van der Waals surface area contributed by atoms with Crippen molar-refractivity contribution in [1.82, 2.24) is 4.34 Å². The normalized spacial score (nSPS) is 9.27. The fraction of sp³-hybridized carbons (Fsp3) is 0. The van der Waals surface area contributed by atoms with E-state index in [4.69, 9.17) is 11.6 Å². The van der Waals surface area contributed by atoms with Gasteiger partial charge in [0, 0.05) is 26.7 Å². The number of nitrogens with one attached hydrogen (secondary N) is 1. The first-order valence-electron chi connectivity index (χ1n) is 2.90. The molecule has 0 unspecified atom stereocenters. The van der Waals surface area contributed by atoms with E-state index >= 15 is 0 Å². The highest BCUT2D eigenvalue weighted by atomic mass is 79.9. The molecule has 0 heterocycles. The Hall–Kier alpha value is -0.540. The van der Waals surface area contributed by atoms with Gasteiger partial charge in [0.05, 0.1) is 0 Å². The highest BCUT2D eigenvalue weighted by Gasteiger charge is 2.01. The Bertz CT molecular complexity index is 277. The summed E-state index contributed by atoms with van der Waals surface area (Å²) in [6.45, 7) is 0. The van der Waals surface area contributed by atoms with E-state index in [1.54, 1.807) is 24.3 Å². The van der Waals surface area contributed by atoms with Crippen molar-refractivity contribution >= 4 is 33.7 Å². The van der Waals surface area contributed by atoms with Crippen LogP contribution < -0.4 is 4.34 Å². The van der Waals surface area contributed by atoms with Crippen LogP contribution in [0, 0.1) is 0 Å². The van der Waals surface area contributed by atoms with Gasteiger partial charge in [-0.1, -0.05) is 17.7 Å². The number of benzene rings is 1. The van der Waals surface area contributed by atoms with Gasteiger partial charge in [-0.3, -0.25) is 9.14 Å². The average Bonchev–Trinajstić information content (AvgIpc) is 2.03. The third-order valence-corrected chi connectivity index (χ3v) is 1.77. The van der Waals surface area contributed by atoms with Crippen molar-refractivity contribution < 1.29 is 4.79 Å². The lowest BCUT2D eigenvalue weighted by Crippen LogP contribution is -2.11. The van der Waals surface area contributed by atoms with Gasteiger partial charge in [0.1, 0.15) is 0 Å². The van der Waals surface area contributed by atoms with Crippen molar-refractivity contribution in [2.24, 2.45) is 0 Å². The number of hydrogen-bond acceptors (Lipinski definition) is 1. The Morgan fingerprint density at radius 2 is 2.27 bits per heavy atom. The predicted octanol–water partition coefficient (Wildman–Crippen LogP) is 2.38. The first-order chi connectivity index (χ1) is 5.24. The Balaban J connectivity index is 2.96. The SMILES string of the molecule is O=C(NBr)c1cccc(Cl)c1. The van der Waals surface area contributed by atoms with Crippen LogP contribution in [0.25, 0.3) is 0 Å². The molecule has 4 heteroatoms. The molecule has 1 amide bonds. The molecule has 0 aliphatic heterocycles. The number of carbonyl (C=O) groups is 1. The van der Waals surface area contributed by atoms with E-state index in [1.807, 2.05) is 0 Å². The summed E-state index contributed by atoms with van der Waals surface area (Å²) in [5.41, 5.74) is 0.536. The molecule has 0 radical (unpaired) electrons. The minimum absolute atomic E-state index is 0.201. The lowest BCUT2D eigenvalue weighted by atomic mass is 10.2. The third kappa shape index (κ3) is 2.20. The van der Waals surface area contributed by atoms with Crippen LogP contribution in [-0.2, 0) is 0 Å². The van der Waals surface area contributed by atoms with Gasteiger partial charge < -0.3 is 0 Å². The van der Waals surface area contributed by atoms with Gasteiger partial charge in [-0.15, -0.1) is 0 Å². The van der Waals surface area contributed by atoms with Crippen LogP contribution in [0.3, 0.4) is 0 Å². The van der Waals surface area contributed by atoms with E-state index in [1.165, 1.54) is 0 Å². The van der Waals surface area contributed by atoms with Crippen molar-refractivity contribution in [2.45, 2.75) is 0 Å². The van der Waals surface area contributed by atoms with Gasteiger partial charge in [-0.2, -0.15) is 0 Å². The fourth-order valence-corrected chi connectivity index (χ4v) is 1.10. The molecule has 1 aromatic rings. The molecule has 0 aromatic heterocycles. The summed E-state index contributed by atoms with van der Waals surface area (Å²) in [5.74, 6) is -0.201. The number of amides is 1. The molecule has 0 bridgehead atoms. The molecule has 0 aliphatic rings. The molecule has 0 saturated carbocycles. The largest absolute Gasteiger partial charge is 0.289 e. The fourth-order valence-electron chi connectivity index (χ4n) is 0.684. The highest BCUT2D eigenvalue weighted by Crippen LogP contribution is 2.10. The smallest absolute Gasteiger partial charge is 0.261 e. The summed E-state index contributed by atoms with van der Waals surface area (Å²) in [6, 6.07) is 6.72. The maximum Gasteiger partial charge on any atom is 0.261 e. The predicted molar refractivity (Wildman–Crippen MR) is 47.8 cm³/mol. The minimum Gasteiger partial charge on any atom is -0.289 e. The highest BCUT2D eigenvalue weighted by molar-refractivity contribution is 9.08. The van der Waals surface area contributed by atoms with E-state index in [9.17, 15) is 4.79 Å².